The highest BCUT2D eigenvalue weighted by atomic mass is 32.1. The molecule has 3 heterocycles. The van der Waals surface area contributed by atoms with Gasteiger partial charge in [-0.1, -0.05) is 24.3 Å². The van der Waals surface area contributed by atoms with Crippen LogP contribution in [-0.2, 0) is 26.2 Å². The zero-order valence-corrected chi connectivity index (χ0v) is 14.6. The fourth-order valence-electron chi connectivity index (χ4n) is 3.41. The molecule has 3 aromatic rings. The lowest BCUT2D eigenvalue weighted by atomic mass is 10.0. The number of benzene rings is 1. The smallest absolute Gasteiger partial charge is 0.203 e. The summed E-state index contributed by atoms with van der Waals surface area (Å²) in [6.45, 7) is 5.78. The Kier molecular flexibility index (Phi) is 4.08. The van der Waals surface area contributed by atoms with E-state index < -0.39 is 0 Å². The Hall–Kier alpha value is -2.18. The lowest BCUT2D eigenvalue weighted by molar-refractivity contribution is -0.939. The Morgan fingerprint density at radius 1 is 1.21 bits per heavy atom. The topological polar surface area (TPSA) is 40.3 Å². The molecule has 0 spiro atoms. The van der Waals surface area contributed by atoms with Crippen LogP contribution in [0, 0.1) is 4.77 Å². The quantitative estimate of drug-likeness (QED) is 0.740. The zero-order valence-electron chi connectivity index (χ0n) is 13.7. The fraction of sp³-hybridized carbons (Fsp3) is 0.333. The number of hydrogen-bond donors (Lipinski definition) is 1. The van der Waals surface area contributed by atoms with Crippen LogP contribution in [0.1, 0.15) is 18.1 Å². The molecule has 0 fully saturated rings. The number of rotatable bonds is 4. The van der Waals surface area contributed by atoms with Gasteiger partial charge >= 0.3 is 0 Å². The number of nitrogens with one attached hydrogen (secondary N) is 1. The molecule has 0 saturated carbocycles. The van der Waals surface area contributed by atoms with E-state index >= 15 is 0 Å². The van der Waals surface area contributed by atoms with Crippen LogP contribution in [0.4, 0.5) is 0 Å². The number of fused-ring (bicyclic) bond motifs is 1. The monoisotopic (exact) mass is 341 g/mol. The molecule has 0 radical (unpaired) electrons. The summed E-state index contributed by atoms with van der Waals surface area (Å²) in [6.07, 6.45) is 2.78. The number of aromatic nitrogens is 3. The highest BCUT2D eigenvalue weighted by molar-refractivity contribution is 7.71. The van der Waals surface area contributed by atoms with E-state index in [1.165, 1.54) is 16.0 Å². The summed E-state index contributed by atoms with van der Waals surface area (Å²) in [5.74, 6) is 1.57. The van der Waals surface area contributed by atoms with Crippen LogP contribution >= 0.6 is 12.2 Å². The average molecular weight is 341 g/mol. The minimum Gasteiger partial charge on any atom is -0.461 e. The molecule has 2 aromatic heterocycles. The molecule has 124 valence electrons. The van der Waals surface area contributed by atoms with E-state index in [2.05, 4.69) is 31.2 Å². The van der Waals surface area contributed by atoms with E-state index in [0.29, 0.717) is 0 Å². The van der Waals surface area contributed by atoms with Crippen molar-refractivity contribution in [2.45, 2.75) is 33.1 Å². The minimum absolute atomic E-state index is 0.759. The summed E-state index contributed by atoms with van der Waals surface area (Å²) in [6, 6.07) is 12.5. The maximum Gasteiger partial charge on any atom is 0.203 e. The van der Waals surface area contributed by atoms with E-state index in [1.807, 2.05) is 21.4 Å². The average Bonchev–Trinajstić information content (AvgIpc) is 3.23. The normalized spacial score (nSPS) is 17.0. The van der Waals surface area contributed by atoms with Gasteiger partial charge in [-0.25, -0.2) is 0 Å². The summed E-state index contributed by atoms with van der Waals surface area (Å²) < 4.78 is 10.3. The van der Waals surface area contributed by atoms with Gasteiger partial charge in [-0.15, -0.1) is 5.10 Å². The molecule has 1 aliphatic heterocycles. The molecule has 4 rings (SSSR count). The minimum atomic E-state index is 0.759. The molecular weight excluding hydrogens is 320 g/mol. The van der Waals surface area contributed by atoms with Crippen LogP contribution in [0.15, 0.2) is 47.1 Å². The first-order valence-corrected chi connectivity index (χ1v) is 8.79. The third kappa shape index (κ3) is 2.72. The van der Waals surface area contributed by atoms with E-state index in [1.54, 1.807) is 6.26 Å². The number of quaternary nitrogens is 1. The Bertz CT molecular complexity index is 894. The lowest BCUT2D eigenvalue weighted by Gasteiger charge is -2.25. The van der Waals surface area contributed by atoms with Crippen molar-refractivity contribution in [1.82, 2.24) is 14.3 Å². The first kappa shape index (κ1) is 15.4. The Morgan fingerprint density at radius 2 is 2.04 bits per heavy atom. The SMILES string of the molecule is CCn1c(-c2ccco2)nn(C[NH+]2CCc3ccccc3C2)c1=S. The van der Waals surface area contributed by atoms with Gasteiger partial charge in [0.25, 0.3) is 0 Å². The van der Waals surface area contributed by atoms with Crippen LogP contribution in [0.25, 0.3) is 11.6 Å². The maximum atomic E-state index is 5.64. The molecular formula is C18H21N4OS+. The molecule has 0 amide bonds. The molecule has 24 heavy (non-hydrogen) atoms. The summed E-state index contributed by atoms with van der Waals surface area (Å²) in [7, 11) is 0. The highest BCUT2D eigenvalue weighted by Gasteiger charge is 2.21. The second kappa shape index (κ2) is 6.37. The van der Waals surface area contributed by atoms with Gasteiger partial charge in [-0.05, 0) is 36.8 Å². The lowest BCUT2D eigenvalue weighted by Crippen LogP contribution is -3.11. The van der Waals surface area contributed by atoms with Crippen molar-refractivity contribution in [3.63, 3.8) is 0 Å². The Morgan fingerprint density at radius 3 is 2.79 bits per heavy atom. The van der Waals surface area contributed by atoms with Crippen molar-refractivity contribution in [3.05, 3.63) is 58.6 Å². The second-order valence-corrected chi connectivity index (χ2v) is 6.55. The van der Waals surface area contributed by atoms with Crippen LogP contribution in [0.5, 0.6) is 0 Å². The molecule has 1 aromatic carbocycles. The van der Waals surface area contributed by atoms with Gasteiger partial charge in [0.1, 0.15) is 6.54 Å². The van der Waals surface area contributed by atoms with E-state index in [-0.39, 0.29) is 0 Å². The first-order valence-electron chi connectivity index (χ1n) is 8.38. The van der Waals surface area contributed by atoms with Crippen molar-refractivity contribution in [3.8, 4) is 11.6 Å². The number of nitrogens with zero attached hydrogens (tertiary/aromatic N) is 3. The summed E-state index contributed by atoms with van der Waals surface area (Å²) in [5, 5.41) is 4.73. The first-order chi connectivity index (χ1) is 11.8. The summed E-state index contributed by atoms with van der Waals surface area (Å²) in [4.78, 5) is 1.48. The summed E-state index contributed by atoms with van der Waals surface area (Å²) in [5.41, 5.74) is 2.91. The predicted octanol–water partition coefficient (Wildman–Crippen LogP) is 2.29. The Balaban J connectivity index is 1.61. The molecule has 1 atom stereocenters. The Labute approximate surface area is 146 Å². The van der Waals surface area contributed by atoms with Gasteiger partial charge in [-0.3, -0.25) is 4.57 Å². The van der Waals surface area contributed by atoms with E-state index in [9.17, 15) is 0 Å². The van der Waals surface area contributed by atoms with Crippen molar-refractivity contribution >= 4 is 12.2 Å². The molecule has 0 aliphatic carbocycles. The van der Waals surface area contributed by atoms with Gasteiger partial charge in [0, 0.05) is 18.5 Å². The van der Waals surface area contributed by atoms with Crippen LogP contribution in [0.2, 0.25) is 0 Å². The zero-order chi connectivity index (χ0) is 16.5. The van der Waals surface area contributed by atoms with Crippen molar-refractivity contribution in [2.24, 2.45) is 0 Å². The molecule has 0 bridgehead atoms. The molecule has 1 aliphatic rings. The van der Waals surface area contributed by atoms with Gasteiger partial charge in [0.15, 0.2) is 18.3 Å². The van der Waals surface area contributed by atoms with Gasteiger partial charge in [-0.2, -0.15) is 4.68 Å². The third-order valence-electron chi connectivity index (χ3n) is 4.66. The fourth-order valence-corrected chi connectivity index (χ4v) is 3.73. The van der Waals surface area contributed by atoms with Crippen molar-refractivity contribution in [2.75, 3.05) is 6.54 Å². The standard InChI is InChI=1S/C18H20N4OS/c1-2-21-17(16-8-5-11-23-16)19-22(18(21)24)13-20-10-9-14-6-3-4-7-15(14)12-20/h3-8,11H,2,9-10,12-13H2,1H3/p+1. The van der Waals surface area contributed by atoms with Crippen LogP contribution < -0.4 is 4.90 Å². The van der Waals surface area contributed by atoms with Crippen LogP contribution in [-0.4, -0.2) is 20.9 Å². The van der Waals surface area contributed by atoms with Crippen LogP contribution in [0.3, 0.4) is 0 Å². The highest BCUT2D eigenvalue weighted by Crippen LogP contribution is 2.18. The van der Waals surface area contributed by atoms with Crippen molar-refractivity contribution < 1.29 is 9.32 Å². The molecule has 5 nitrogen and oxygen atoms in total. The van der Waals surface area contributed by atoms with E-state index in [0.717, 1.165) is 49.1 Å². The largest absolute Gasteiger partial charge is 0.461 e. The number of hydrogen-bond acceptors (Lipinski definition) is 3. The molecule has 0 saturated heterocycles. The number of furan rings is 1. The predicted molar refractivity (Wildman–Crippen MR) is 94.1 cm³/mol. The van der Waals surface area contributed by atoms with Gasteiger partial charge in [0.2, 0.25) is 4.77 Å². The summed E-state index contributed by atoms with van der Waals surface area (Å²) >= 11 is 5.64. The second-order valence-electron chi connectivity index (χ2n) is 6.18. The molecule has 6 heteroatoms. The molecule has 1 N–H and O–H groups in total. The van der Waals surface area contributed by atoms with Crippen molar-refractivity contribution in [1.29, 1.82) is 0 Å². The van der Waals surface area contributed by atoms with Gasteiger partial charge in [0.05, 0.1) is 12.8 Å². The van der Waals surface area contributed by atoms with E-state index in [4.69, 9.17) is 21.7 Å². The maximum absolute atomic E-state index is 5.64. The third-order valence-corrected chi connectivity index (χ3v) is 5.09. The van der Waals surface area contributed by atoms with Gasteiger partial charge < -0.3 is 9.32 Å². The molecule has 1 unspecified atom stereocenters.